The summed E-state index contributed by atoms with van der Waals surface area (Å²) in [5, 5.41) is 2.73. The Morgan fingerprint density at radius 3 is 2.53 bits per heavy atom. The third-order valence-corrected chi connectivity index (χ3v) is 2.71. The Morgan fingerprint density at radius 2 is 1.89 bits per heavy atom. The molecule has 1 N–H and O–H groups in total. The Labute approximate surface area is 111 Å². The maximum Gasteiger partial charge on any atom is 0.287 e. The average Bonchev–Trinajstić information content (AvgIpc) is 2.93. The lowest BCUT2D eigenvalue weighted by Gasteiger charge is -2.12. The van der Waals surface area contributed by atoms with Crippen LogP contribution in [0.4, 0.5) is 0 Å². The van der Waals surface area contributed by atoms with E-state index in [4.69, 9.17) is 4.42 Å². The molecule has 0 fully saturated rings. The molecule has 4 heteroatoms. The van der Waals surface area contributed by atoms with Gasteiger partial charge in [0.25, 0.3) is 5.91 Å². The van der Waals surface area contributed by atoms with Crippen LogP contribution < -0.4 is 5.32 Å². The van der Waals surface area contributed by atoms with Crippen molar-refractivity contribution >= 4 is 11.7 Å². The zero-order valence-electron chi connectivity index (χ0n) is 10.6. The van der Waals surface area contributed by atoms with Gasteiger partial charge in [0.2, 0.25) is 0 Å². The number of Topliss-reactive ketones (excluding diaryl/α,β-unsaturated/α-hetero) is 1. The van der Waals surface area contributed by atoms with Gasteiger partial charge in [-0.15, -0.1) is 0 Å². The Balaban J connectivity index is 1.90. The van der Waals surface area contributed by atoms with Gasteiger partial charge < -0.3 is 9.73 Å². The van der Waals surface area contributed by atoms with Crippen LogP contribution in [0.15, 0.2) is 53.1 Å². The molecule has 0 saturated carbocycles. The largest absolute Gasteiger partial charge is 0.459 e. The highest BCUT2D eigenvalue weighted by Gasteiger charge is 2.15. The lowest BCUT2D eigenvalue weighted by Crippen LogP contribution is -2.34. The molecular weight excluding hydrogens is 242 g/mol. The van der Waals surface area contributed by atoms with Crippen LogP contribution in [0.5, 0.6) is 0 Å². The van der Waals surface area contributed by atoms with Gasteiger partial charge in [0.05, 0.1) is 6.26 Å². The number of nitrogens with one attached hydrogen (secondary N) is 1. The second-order valence-corrected chi connectivity index (χ2v) is 4.35. The van der Waals surface area contributed by atoms with E-state index in [9.17, 15) is 9.59 Å². The van der Waals surface area contributed by atoms with E-state index in [1.807, 2.05) is 18.2 Å². The van der Waals surface area contributed by atoms with Crippen molar-refractivity contribution in [2.75, 3.05) is 0 Å². The molecule has 0 bridgehead atoms. The monoisotopic (exact) mass is 257 g/mol. The zero-order chi connectivity index (χ0) is 13.7. The zero-order valence-corrected chi connectivity index (χ0v) is 10.6. The van der Waals surface area contributed by atoms with E-state index in [0.717, 1.165) is 0 Å². The summed E-state index contributed by atoms with van der Waals surface area (Å²) in [4.78, 5) is 23.7. The van der Waals surface area contributed by atoms with E-state index in [1.165, 1.54) is 6.26 Å². The molecule has 0 aliphatic heterocycles. The van der Waals surface area contributed by atoms with Crippen molar-refractivity contribution in [1.29, 1.82) is 0 Å². The number of benzene rings is 1. The predicted octanol–water partition coefficient (Wildman–Crippen LogP) is 2.67. The van der Waals surface area contributed by atoms with Crippen molar-refractivity contribution in [1.82, 2.24) is 5.32 Å². The standard InChI is InChI=1S/C15H15NO3/c1-11(16-15(18)14-8-5-9-19-14)10-13(17)12-6-3-2-4-7-12/h2-9,11H,10H2,1H3,(H,16,18)/t11-/m1/s1. The molecule has 0 aliphatic rings. The van der Waals surface area contributed by atoms with Crippen molar-refractivity contribution in [2.24, 2.45) is 0 Å². The Bertz CT molecular complexity index is 546. The highest BCUT2D eigenvalue weighted by atomic mass is 16.3. The quantitative estimate of drug-likeness (QED) is 0.838. The molecule has 1 atom stereocenters. The third kappa shape index (κ3) is 3.55. The first-order valence-electron chi connectivity index (χ1n) is 6.09. The van der Waals surface area contributed by atoms with Crippen molar-refractivity contribution in [3.05, 3.63) is 60.1 Å². The number of hydrogen-bond donors (Lipinski definition) is 1. The summed E-state index contributed by atoms with van der Waals surface area (Å²) in [5.41, 5.74) is 0.654. The molecular formula is C15H15NO3. The number of furan rings is 1. The first-order chi connectivity index (χ1) is 9.16. The minimum absolute atomic E-state index is 0.00726. The summed E-state index contributed by atoms with van der Waals surface area (Å²) in [7, 11) is 0. The van der Waals surface area contributed by atoms with E-state index in [-0.39, 0.29) is 29.9 Å². The first kappa shape index (κ1) is 13.1. The molecule has 4 nitrogen and oxygen atoms in total. The fraction of sp³-hybridized carbons (Fsp3) is 0.200. The van der Waals surface area contributed by atoms with Gasteiger partial charge in [0.1, 0.15) is 0 Å². The van der Waals surface area contributed by atoms with Crippen molar-refractivity contribution in [2.45, 2.75) is 19.4 Å². The molecule has 0 aliphatic carbocycles. The van der Waals surface area contributed by atoms with Gasteiger partial charge in [-0.25, -0.2) is 0 Å². The summed E-state index contributed by atoms with van der Waals surface area (Å²) in [6.07, 6.45) is 1.70. The predicted molar refractivity (Wildman–Crippen MR) is 71.0 cm³/mol. The molecule has 2 aromatic rings. The van der Waals surface area contributed by atoms with Crippen LogP contribution in [0.25, 0.3) is 0 Å². The second-order valence-electron chi connectivity index (χ2n) is 4.35. The highest BCUT2D eigenvalue weighted by Crippen LogP contribution is 2.06. The third-order valence-electron chi connectivity index (χ3n) is 2.71. The molecule has 0 spiro atoms. The highest BCUT2D eigenvalue weighted by molar-refractivity contribution is 5.97. The van der Waals surface area contributed by atoms with Gasteiger partial charge in [-0.3, -0.25) is 9.59 Å². The minimum atomic E-state index is -0.307. The Hall–Kier alpha value is -2.36. The van der Waals surface area contributed by atoms with E-state index < -0.39 is 0 Å². The summed E-state index contributed by atoms with van der Waals surface area (Å²) < 4.78 is 4.99. The van der Waals surface area contributed by atoms with Crippen LogP contribution >= 0.6 is 0 Å². The smallest absolute Gasteiger partial charge is 0.287 e. The maximum atomic E-state index is 11.9. The van der Waals surface area contributed by atoms with E-state index in [0.29, 0.717) is 5.56 Å². The number of carbonyl (C=O) groups is 2. The summed E-state index contributed by atoms with van der Waals surface area (Å²) >= 11 is 0. The van der Waals surface area contributed by atoms with Crippen LogP contribution in [0.1, 0.15) is 34.3 Å². The summed E-state index contributed by atoms with van der Waals surface area (Å²) in [6.45, 7) is 1.79. The second kappa shape index (κ2) is 6.00. The SMILES string of the molecule is C[C@H](CC(=O)c1ccccc1)NC(=O)c1ccco1. The molecule has 0 unspecified atom stereocenters. The number of carbonyl (C=O) groups excluding carboxylic acids is 2. The molecule has 1 aromatic heterocycles. The molecule has 0 saturated heterocycles. The van der Waals surface area contributed by atoms with Crippen LogP contribution in [0.2, 0.25) is 0 Å². The first-order valence-corrected chi connectivity index (χ1v) is 6.09. The molecule has 98 valence electrons. The summed E-state index contributed by atoms with van der Waals surface area (Å²) in [5.74, 6) is -0.0507. The Kier molecular flexibility index (Phi) is 4.13. The van der Waals surface area contributed by atoms with Crippen molar-refractivity contribution in [3.8, 4) is 0 Å². The van der Waals surface area contributed by atoms with E-state index in [2.05, 4.69) is 5.32 Å². The molecule has 1 aromatic carbocycles. The van der Waals surface area contributed by atoms with Gasteiger partial charge in [0, 0.05) is 18.0 Å². The number of ketones is 1. The number of rotatable bonds is 5. The van der Waals surface area contributed by atoms with Crippen LogP contribution in [-0.2, 0) is 0 Å². The van der Waals surface area contributed by atoms with Gasteiger partial charge in [0.15, 0.2) is 11.5 Å². The topological polar surface area (TPSA) is 59.3 Å². The van der Waals surface area contributed by atoms with Gasteiger partial charge in [-0.05, 0) is 19.1 Å². The molecule has 19 heavy (non-hydrogen) atoms. The fourth-order valence-electron chi connectivity index (χ4n) is 1.77. The minimum Gasteiger partial charge on any atom is -0.459 e. The summed E-state index contributed by atoms with van der Waals surface area (Å²) in [6, 6.07) is 12.0. The molecule has 0 radical (unpaired) electrons. The molecule has 1 amide bonds. The average molecular weight is 257 g/mol. The maximum absolute atomic E-state index is 11.9. The van der Waals surface area contributed by atoms with Gasteiger partial charge >= 0.3 is 0 Å². The lowest BCUT2D eigenvalue weighted by atomic mass is 10.0. The van der Waals surface area contributed by atoms with Crippen LogP contribution in [0, 0.1) is 0 Å². The normalized spacial score (nSPS) is 11.8. The van der Waals surface area contributed by atoms with Crippen LogP contribution in [0.3, 0.4) is 0 Å². The van der Waals surface area contributed by atoms with Gasteiger partial charge in [-0.2, -0.15) is 0 Å². The lowest BCUT2D eigenvalue weighted by molar-refractivity contribution is 0.0896. The van der Waals surface area contributed by atoms with E-state index >= 15 is 0 Å². The van der Waals surface area contributed by atoms with Gasteiger partial charge in [-0.1, -0.05) is 30.3 Å². The Morgan fingerprint density at radius 1 is 1.16 bits per heavy atom. The van der Waals surface area contributed by atoms with E-state index in [1.54, 1.807) is 31.2 Å². The van der Waals surface area contributed by atoms with Crippen LogP contribution in [-0.4, -0.2) is 17.7 Å². The fourth-order valence-corrected chi connectivity index (χ4v) is 1.77. The van der Waals surface area contributed by atoms with Crippen molar-refractivity contribution < 1.29 is 14.0 Å². The number of hydrogen-bond acceptors (Lipinski definition) is 3. The number of amides is 1. The van der Waals surface area contributed by atoms with Crippen molar-refractivity contribution in [3.63, 3.8) is 0 Å². The molecule has 1 heterocycles. The molecule has 2 rings (SSSR count).